The van der Waals surface area contributed by atoms with Crippen molar-refractivity contribution in [1.29, 1.82) is 0 Å². The van der Waals surface area contributed by atoms with Gasteiger partial charge in [-0.05, 0) is 34.8 Å². The molecule has 1 aromatic carbocycles. The van der Waals surface area contributed by atoms with Gasteiger partial charge in [-0.15, -0.1) is 0 Å². The fourth-order valence-corrected chi connectivity index (χ4v) is 2.20. The zero-order chi connectivity index (χ0) is 14.0. The van der Waals surface area contributed by atoms with E-state index in [2.05, 4.69) is 59.7 Å². The number of benzene rings is 1. The van der Waals surface area contributed by atoms with E-state index in [0.29, 0.717) is 0 Å². The van der Waals surface area contributed by atoms with Crippen molar-refractivity contribution in [3.8, 4) is 0 Å². The summed E-state index contributed by atoms with van der Waals surface area (Å²) in [5, 5.41) is 10.4. The van der Waals surface area contributed by atoms with E-state index in [1.807, 2.05) is 6.07 Å². The highest BCUT2D eigenvalue weighted by atomic mass is 16.3. The summed E-state index contributed by atoms with van der Waals surface area (Å²) in [4.78, 5) is 0. The summed E-state index contributed by atoms with van der Waals surface area (Å²) in [6, 6.07) is 8.27. The molecule has 1 aromatic rings. The molecule has 0 amide bonds. The summed E-state index contributed by atoms with van der Waals surface area (Å²) < 4.78 is 0. The minimum absolute atomic E-state index is 0.0826. The molecule has 0 aromatic heterocycles. The molecule has 0 aliphatic heterocycles. The number of rotatable bonds is 3. The average molecular weight is 248 g/mol. The van der Waals surface area contributed by atoms with Gasteiger partial charge < -0.3 is 5.11 Å². The molecule has 1 nitrogen and oxygen atoms in total. The van der Waals surface area contributed by atoms with Gasteiger partial charge in [0.15, 0.2) is 0 Å². The summed E-state index contributed by atoms with van der Waals surface area (Å²) in [6.07, 6.45) is 1.52. The molecular formula is C17H28O. The summed E-state index contributed by atoms with van der Waals surface area (Å²) in [7, 11) is 0. The van der Waals surface area contributed by atoms with E-state index < -0.39 is 0 Å². The molecule has 0 aliphatic carbocycles. The zero-order valence-electron chi connectivity index (χ0n) is 12.7. The van der Waals surface area contributed by atoms with Crippen LogP contribution in [0, 0.1) is 5.41 Å². The summed E-state index contributed by atoms with van der Waals surface area (Å²) in [5.74, 6) is 0. The van der Waals surface area contributed by atoms with Crippen LogP contribution in [0.5, 0.6) is 0 Å². The van der Waals surface area contributed by atoms with Crippen LogP contribution in [0.1, 0.15) is 71.6 Å². The average Bonchev–Trinajstić information content (AvgIpc) is 2.24. The minimum Gasteiger partial charge on any atom is -0.388 e. The van der Waals surface area contributed by atoms with Crippen molar-refractivity contribution < 1.29 is 5.11 Å². The minimum atomic E-state index is -0.348. The van der Waals surface area contributed by atoms with Crippen molar-refractivity contribution in [1.82, 2.24) is 0 Å². The summed E-state index contributed by atoms with van der Waals surface area (Å²) in [6.45, 7) is 13.2. The standard InChI is InChI=1S/C17H28O/c1-16(2,3)12-11-15(18)13-9-7-8-10-14(13)17(4,5)6/h7-10,15,18H,11-12H2,1-6H3. The van der Waals surface area contributed by atoms with Gasteiger partial charge in [0.25, 0.3) is 0 Å². The second kappa shape index (κ2) is 5.44. The maximum absolute atomic E-state index is 10.4. The molecule has 1 heteroatoms. The van der Waals surface area contributed by atoms with Crippen LogP contribution >= 0.6 is 0 Å². The van der Waals surface area contributed by atoms with Crippen LogP contribution in [-0.2, 0) is 5.41 Å². The summed E-state index contributed by atoms with van der Waals surface area (Å²) in [5.41, 5.74) is 2.71. The van der Waals surface area contributed by atoms with E-state index in [9.17, 15) is 5.11 Å². The van der Waals surface area contributed by atoms with Crippen molar-refractivity contribution in [2.75, 3.05) is 0 Å². The molecule has 0 aliphatic rings. The maximum Gasteiger partial charge on any atom is 0.0793 e. The molecule has 1 rings (SSSR count). The van der Waals surface area contributed by atoms with Crippen LogP contribution in [0.4, 0.5) is 0 Å². The Bertz CT molecular complexity index is 379. The molecular weight excluding hydrogens is 220 g/mol. The second-order valence-electron chi connectivity index (χ2n) is 7.45. The zero-order valence-corrected chi connectivity index (χ0v) is 12.7. The third kappa shape index (κ3) is 4.45. The fraction of sp³-hybridized carbons (Fsp3) is 0.647. The van der Waals surface area contributed by atoms with Crippen molar-refractivity contribution in [3.63, 3.8) is 0 Å². The predicted molar refractivity (Wildman–Crippen MR) is 78.8 cm³/mol. The van der Waals surface area contributed by atoms with Gasteiger partial charge in [0.2, 0.25) is 0 Å². The first-order valence-electron chi connectivity index (χ1n) is 6.89. The summed E-state index contributed by atoms with van der Waals surface area (Å²) >= 11 is 0. The Morgan fingerprint density at radius 3 is 2.06 bits per heavy atom. The fourth-order valence-electron chi connectivity index (χ4n) is 2.20. The Morgan fingerprint density at radius 1 is 1.00 bits per heavy atom. The van der Waals surface area contributed by atoms with Crippen LogP contribution in [-0.4, -0.2) is 5.11 Å². The largest absolute Gasteiger partial charge is 0.388 e. The van der Waals surface area contributed by atoms with Crippen molar-refractivity contribution in [3.05, 3.63) is 35.4 Å². The molecule has 0 radical (unpaired) electrons. The maximum atomic E-state index is 10.4. The molecule has 102 valence electrons. The molecule has 0 spiro atoms. The number of hydrogen-bond donors (Lipinski definition) is 1. The van der Waals surface area contributed by atoms with Crippen LogP contribution in [0.15, 0.2) is 24.3 Å². The van der Waals surface area contributed by atoms with Crippen molar-refractivity contribution in [2.24, 2.45) is 5.41 Å². The van der Waals surface area contributed by atoms with E-state index in [4.69, 9.17) is 0 Å². The van der Waals surface area contributed by atoms with Crippen molar-refractivity contribution >= 4 is 0 Å². The lowest BCUT2D eigenvalue weighted by Gasteiger charge is -2.27. The van der Waals surface area contributed by atoms with Gasteiger partial charge >= 0.3 is 0 Å². The third-order valence-corrected chi connectivity index (χ3v) is 3.30. The predicted octanol–water partition coefficient (Wildman–Crippen LogP) is 4.84. The van der Waals surface area contributed by atoms with Crippen LogP contribution < -0.4 is 0 Å². The lowest BCUT2D eigenvalue weighted by molar-refractivity contribution is 0.145. The quantitative estimate of drug-likeness (QED) is 0.811. The molecule has 0 saturated heterocycles. The van der Waals surface area contributed by atoms with Crippen LogP contribution in [0.2, 0.25) is 0 Å². The highest BCUT2D eigenvalue weighted by Crippen LogP contribution is 2.33. The van der Waals surface area contributed by atoms with Crippen LogP contribution in [0.3, 0.4) is 0 Å². The molecule has 0 bridgehead atoms. The van der Waals surface area contributed by atoms with Gasteiger partial charge in [-0.25, -0.2) is 0 Å². The molecule has 0 fully saturated rings. The van der Waals surface area contributed by atoms with E-state index in [-0.39, 0.29) is 16.9 Å². The van der Waals surface area contributed by atoms with Gasteiger partial charge in [0, 0.05) is 0 Å². The molecule has 1 unspecified atom stereocenters. The normalized spacial score (nSPS) is 14.6. The second-order valence-corrected chi connectivity index (χ2v) is 7.45. The molecule has 18 heavy (non-hydrogen) atoms. The van der Waals surface area contributed by atoms with Gasteiger partial charge in [0.1, 0.15) is 0 Å². The SMILES string of the molecule is CC(C)(C)CCC(O)c1ccccc1C(C)(C)C. The molecule has 1 N–H and O–H groups in total. The molecule has 0 heterocycles. The van der Waals surface area contributed by atoms with E-state index in [1.54, 1.807) is 0 Å². The first-order chi connectivity index (χ1) is 8.11. The molecule has 0 saturated carbocycles. The van der Waals surface area contributed by atoms with Gasteiger partial charge in [0.05, 0.1) is 6.10 Å². The lowest BCUT2D eigenvalue weighted by Crippen LogP contribution is -2.17. The smallest absolute Gasteiger partial charge is 0.0793 e. The van der Waals surface area contributed by atoms with Crippen molar-refractivity contribution in [2.45, 2.75) is 65.9 Å². The van der Waals surface area contributed by atoms with Gasteiger partial charge in [-0.2, -0.15) is 0 Å². The van der Waals surface area contributed by atoms with Crippen LogP contribution in [0.25, 0.3) is 0 Å². The van der Waals surface area contributed by atoms with E-state index in [1.165, 1.54) is 5.56 Å². The van der Waals surface area contributed by atoms with Gasteiger partial charge in [-0.1, -0.05) is 65.8 Å². The first-order valence-corrected chi connectivity index (χ1v) is 6.89. The Morgan fingerprint density at radius 2 is 1.56 bits per heavy atom. The number of aliphatic hydroxyl groups excluding tert-OH is 1. The topological polar surface area (TPSA) is 20.2 Å². The Kier molecular flexibility index (Phi) is 4.61. The lowest BCUT2D eigenvalue weighted by atomic mass is 9.80. The highest BCUT2D eigenvalue weighted by Gasteiger charge is 2.22. The molecule has 1 atom stereocenters. The Hall–Kier alpha value is -0.820. The van der Waals surface area contributed by atoms with Gasteiger partial charge in [-0.3, -0.25) is 0 Å². The van der Waals surface area contributed by atoms with E-state index >= 15 is 0 Å². The third-order valence-electron chi connectivity index (χ3n) is 3.30. The highest BCUT2D eigenvalue weighted by molar-refractivity contribution is 5.34. The Labute approximate surface area is 112 Å². The Balaban J connectivity index is 2.89. The number of hydrogen-bond acceptors (Lipinski definition) is 1. The first kappa shape index (κ1) is 15.2. The monoisotopic (exact) mass is 248 g/mol. The van der Waals surface area contributed by atoms with E-state index in [0.717, 1.165) is 18.4 Å². The number of aliphatic hydroxyl groups is 1.